The Hall–Kier alpha value is -1.36. The Labute approximate surface area is 106 Å². The first-order valence-electron chi connectivity index (χ1n) is 5.06. The van der Waals surface area contributed by atoms with E-state index in [-0.39, 0.29) is 10.2 Å². The average Bonchev–Trinajstić information content (AvgIpc) is 2.68. The zero-order valence-electron chi connectivity index (χ0n) is 9.17. The zero-order chi connectivity index (χ0) is 12.4. The van der Waals surface area contributed by atoms with Gasteiger partial charge in [0.1, 0.15) is 11.6 Å². The highest BCUT2D eigenvalue weighted by Gasteiger charge is 2.08. The third-order valence-corrected chi connectivity index (χ3v) is 3.13. The molecule has 0 atom stereocenters. The summed E-state index contributed by atoms with van der Waals surface area (Å²) in [5.41, 5.74) is 1.15. The predicted octanol–water partition coefficient (Wildman–Crippen LogP) is 3.68. The van der Waals surface area contributed by atoms with Gasteiger partial charge in [0.2, 0.25) is 0 Å². The topological polar surface area (TPSA) is 17.0 Å². The summed E-state index contributed by atoms with van der Waals surface area (Å²) < 4.78 is 28.8. The van der Waals surface area contributed by atoms with Crippen molar-refractivity contribution < 1.29 is 8.78 Å². The first-order valence-corrected chi connectivity index (χ1v) is 5.86. The van der Waals surface area contributed by atoms with Gasteiger partial charge in [0, 0.05) is 25.0 Å². The maximum atomic E-state index is 13.5. The van der Waals surface area contributed by atoms with Gasteiger partial charge in [-0.3, -0.25) is 0 Å². The van der Waals surface area contributed by atoms with Gasteiger partial charge in [0.05, 0.1) is 16.7 Å². The van der Waals surface area contributed by atoms with Gasteiger partial charge in [-0.1, -0.05) is 0 Å². The van der Waals surface area contributed by atoms with Crippen molar-refractivity contribution in [3.8, 4) is 0 Å². The molecule has 0 amide bonds. The van der Waals surface area contributed by atoms with E-state index in [1.54, 1.807) is 0 Å². The maximum Gasteiger partial charge on any atom is 0.147 e. The van der Waals surface area contributed by atoms with E-state index >= 15 is 0 Å². The van der Waals surface area contributed by atoms with Crippen LogP contribution in [0.15, 0.2) is 34.9 Å². The van der Waals surface area contributed by atoms with E-state index in [4.69, 9.17) is 0 Å². The molecular formula is C12H11BrF2N2. The Morgan fingerprint density at radius 1 is 1.29 bits per heavy atom. The number of halogens is 3. The number of aromatic nitrogens is 1. The minimum Gasteiger partial charge on any atom is -0.377 e. The molecule has 1 aromatic carbocycles. The normalized spacial score (nSPS) is 10.6. The second-order valence-electron chi connectivity index (χ2n) is 3.71. The quantitative estimate of drug-likeness (QED) is 0.856. The van der Waals surface area contributed by atoms with Gasteiger partial charge in [-0.25, -0.2) is 8.78 Å². The van der Waals surface area contributed by atoms with Gasteiger partial charge in [0.25, 0.3) is 0 Å². The molecule has 5 heteroatoms. The molecule has 0 fully saturated rings. The molecule has 0 aliphatic heterocycles. The number of rotatable bonds is 3. The van der Waals surface area contributed by atoms with Crippen LogP contribution in [0.2, 0.25) is 0 Å². The van der Waals surface area contributed by atoms with Crippen molar-refractivity contribution in [3.63, 3.8) is 0 Å². The minimum absolute atomic E-state index is 0.124. The Bertz CT molecular complexity index is 537. The van der Waals surface area contributed by atoms with Crippen molar-refractivity contribution in [1.82, 2.24) is 4.57 Å². The van der Waals surface area contributed by atoms with E-state index in [1.807, 2.05) is 29.9 Å². The van der Waals surface area contributed by atoms with Crippen molar-refractivity contribution in [1.29, 1.82) is 0 Å². The van der Waals surface area contributed by atoms with Crippen molar-refractivity contribution in [3.05, 3.63) is 52.3 Å². The highest BCUT2D eigenvalue weighted by molar-refractivity contribution is 9.10. The molecule has 1 N–H and O–H groups in total. The summed E-state index contributed by atoms with van der Waals surface area (Å²) in [7, 11) is 1.90. The van der Waals surface area contributed by atoms with Crippen LogP contribution in [-0.4, -0.2) is 4.57 Å². The number of nitrogens with one attached hydrogen (secondary N) is 1. The van der Waals surface area contributed by atoms with Crippen LogP contribution in [0.4, 0.5) is 14.5 Å². The van der Waals surface area contributed by atoms with E-state index in [2.05, 4.69) is 21.2 Å². The first-order chi connectivity index (χ1) is 8.08. The molecule has 17 heavy (non-hydrogen) atoms. The van der Waals surface area contributed by atoms with Gasteiger partial charge in [-0.2, -0.15) is 0 Å². The molecule has 0 radical (unpaired) electrons. The van der Waals surface area contributed by atoms with Gasteiger partial charge in [0.15, 0.2) is 0 Å². The molecule has 0 saturated heterocycles. The lowest BCUT2D eigenvalue weighted by Crippen LogP contribution is -2.05. The summed E-state index contributed by atoms with van der Waals surface area (Å²) >= 11 is 2.93. The zero-order valence-corrected chi connectivity index (χ0v) is 10.8. The third-order valence-electron chi connectivity index (χ3n) is 2.52. The maximum absolute atomic E-state index is 13.5. The van der Waals surface area contributed by atoms with Gasteiger partial charge < -0.3 is 9.88 Å². The molecule has 0 unspecified atom stereocenters. The number of hydrogen-bond acceptors (Lipinski definition) is 1. The molecule has 2 aromatic rings. The minimum atomic E-state index is -0.485. The lowest BCUT2D eigenvalue weighted by Gasteiger charge is -2.09. The third kappa shape index (κ3) is 2.66. The van der Waals surface area contributed by atoms with Crippen molar-refractivity contribution >= 4 is 21.6 Å². The number of benzene rings is 1. The fourth-order valence-electron chi connectivity index (χ4n) is 1.52. The Kier molecular flexibility index (Phi) is 3.47. The molecule has 2 nitrogen and oxygen atoms in total. The summed E-state index contributed by atoms with van der Waals surface area (Å²) in [4.78, 5) is 0. The highest BCUT2D eigenvalue weighted by atomic mass is 79.9. The molecule has 2 rings (SSSR count). The highest BCUT2D eigenvalue weighted by Crippen LogP contribution is 2.23. The number of nitrogens with zero attached hydrogens (tertiary/aromatic N) is 1. The lowest BCUT2D eigenvalue weighted by atomic mass is 10.3. The van der Waals surface area contributed by atoms with Gasteiger partial charge in [-0.05, 0) is 34.1 Å². The monoisotopic (exact) mass is 300 g/mol. The van der Waals surface area contributed by atoms with Crippen LogP contribution in [0.3, 0.4) is 0 Å². The van der Waals surface area contributed by atoms with E-state index in [0.29, 0.717) is 6.54 Å². The molecule has 0 aliphatic carbocycles. The number of anilines is 1. The van der Waals surface area contributed by atoms with Crippen LogP contribution in [-0.2, 0) is 13.6 Å². The average molecular weight is 301 g/mol. The Balaban J connectivity index is 2.14. The molecular weight excluding hydrogens is 290 g/mol. The largest absolute Gasteiger partial charge is 0.377 e. The smallest absolute Gasteiger partial charge is 0.147 e. The Morgan fingerprint density at radius 3 is 2.71 bits per heavy atom. The molecule has 0 spiro atoms. The van der Waals surface area contributed by atoms with E-state index < -0.39 is 11.6 Å². The van der Waals surface area contributed by atoms with Crippen molar-refractivity contribution in [2.24, 2.45) is 7.05 Å². The summed E-state index contributed by atoms with van der Waals surface area (Å²) in [5, 5.41) is 2.87. The number of aryl methyl sites for hydroxylation is 1. The summed E-state index contributed by atoms with van der Waals surface area (Å²) in [6.45, 7) is 0.446. The second kappa shape index (κ2) is 4.87. The van der Waals surface area contributed by atoms with Crippen LogP contribution in [0.1, 0.15) is 5.69 Å². The van der Waals surface area contributed by atoms with E-state index in [0.717, 1.165) is 17.8 Å². The fourth-order valence-corrected chi connectivity index (χ4v) is 1.84. The molecule has 0 bridgehead atoms. The molecule has 90 valence electrons. The molecule has 0 saturated carbocycles. The van der Waals surface area contributed by atoms with Gasteiger partial charge >= 0.3 is 0 Å². The fraction of sp³-hybridized carbons (Fsp3) is 0.167. The summed E-state index contributed by atoms with van der Waals surface area (Å²) in [6.07, 6.45) is 1.90. The predicted molar refractivity (Wildman–Crippen MR) is 66.8 cm³/mol. The van der Waals surface area contributed by atoms with Crippen LogP contribution in [0.5, 0.6) is 0 Å². The standard InChI is InChI=1S/C12H11BrF2N2/c1-17-4-2-3-8(17)7-16-12-6-10(14)9(13)5-11(12)15/h2-6,16H,7H2,1H3. The van der Waals surface area contributed by atoms with E-state index in [9.17, 15) is 8.78 Å². The van der Waals surface area contributed by atoms with Crippen molar-refractivity contribution in [2.75, 3.05) is 5.32 Å². The summed E-state index contributed by atoms with van der Waals surface area (Å²) in [6, 6.07) is 6.07. The van der Waals surface area contributed by atoms with Gasteiger partial charge in [-0.15, -0.1) is 0 Å². The van der Waals surface area contributed by atoms with Crippen LogP contribution >= 0.6 is 15.9 Å². The van der Waals surface area contributed by atoms with E-state index in [1.165, 1.54) is 0 Å². The second-order valence-corrected chi connectivity index (χ2v) is 4.56. The van der Waals surface area contributed by atoms with Crippen molar-refractivity contribution in [2.45, 2.75) is 6.54 Å². The molecule has 1 heterocycles. The molecule has 0 aliphatic rings. The Morgan fingerprint density at radius 2 is 2.06 bits per heavy atom. The SMILES string of the molecule is Cn1cccc1CNc1cc(F)c(Br)cc1F. The lowest BCUT2D eigenvalue weighted by molar-refractivity contribution is 0.596. The van der Waals surface area contributed by atoms with Crippen LogP contribution in [0.25, 0.3) is 0 Å². The molecule has 1 aromatic heterocycles. The first kappa shape index (κ1) is 12.1. The summed E-state index contributed by atoms with van der Waals surface area (Å²) in [5.74, 6) is -0.965. The van der Waals surface area contributed by atoms with Crippen LogP contribution in [0, 0.1) is 11.6 Å². The number of hydrogen-bond donors (Lipinski definition) is 1. The van der Waals surface area contributed by atoms with Crippen LogP contribution < -0.4 is 5.32 Å².